The summed E-state index contributed by atoms with van der Waals surface area (Å²) in [5, 5.41) is 2.61. The largest absolute Gasteiger partial charge is 0.444 e. The van der Waals surface area contributed by atoms with Crippen LogP contribution in [0, 0.1) is 0 Å². The summed E-state index contributed by atoms with van der Waals surface area (Å²) in [6.07, 6.45) is -0.568. The fraction of sp³-hybridized carbons (Fsp3) is 0.647. The molecule has 0 aromatic carbocycles. The van der Waals surface area contributed by atoms with Crippen LogP contribution < -0.4 is 5.32 Å². The monoisotopic (exact) mass is 387 g/mol. The van der Waals surface area contributed by atoms with Gasteiger partial charge in [-0.15, -0.1) is 11.3 Å². The third-order valence-electron chi connectivity index (χ3n) is 3.80. The summed E-state index contributed by atoms with van der Waals surface area (Å²) in [5.74, 6) is -0.0790. The highest BCUT2D eigenvalue weighted by molar-refractivity contribution is 7.16. The lowest BCUT2D eigenvalue weighted by molar-refractivity contribution is -0.134. The van der Waals surface area contributed by atoms with E-state index in [1.807, 2.05) is 12.1 Å². The van der Waals surface area contributed by atoms with Crippen LogP contribution in [0.2, 0.25) is 4.34 Å². The van der Waals surface area contributed by atoms with Crippen LogP contribution >= 0.6 is 22.9 Å². The van der Waals surface area contributed by atoms with Crippen LogP contribution in [0.5, 0.6) is 0 Å². The van der Waals surface area contributed by atoms with Crippen molar-refractivity contribution in [2.24, 2.45) is 0 Å². The molecule has 1 unspecified atom stereocenters. The molecule has 1 aromatic rings. The van der Waals surface area contributed by atoms with Crippen LogP contribution in [0.3, 0.4) is 0 Å². The Balaban J connectivity index is 1.77. The highest BCUT2D eigenvalue weighted by Gasteiger charge is 2.27. The molecule has 1 N–H and O–H groups in total. The van der Waals surface area contributed by atoms with Crippen molar-refractivity contribution in [3.8, 4) is 0 Å². The zero-order valence-electron chi connectivity index (χ0n) is 15.2. The summed E-state index contributed by atoms with van der Waals surface area (Å²) in [5.41, 5.74) is -0.580. The van der Waals surface area contributed by atoms with Gasteiger partial charge in [0.1, 0.15) is 11.6 Å². The first kappa shape index (κ1) is 20.0. The van der Waals surface area contributed by atoms with Crippen LogP contribution in [-0.4, -0.2) is 59.6 Å². The van der Waals surface area contributed by atoms with Crippen molar-refractivity contribution in [1.29, 1.82) is 0 Å². The number of nitrogens with zero attached hydrogens (tertiary/aromatic N) is 2. The van der Waals surface area contributed by atoms with Gasteiger partial charge in [-0.2, -0.15) is 0 Å². The predicted molar refractivity (Wildman–Crippen MR) is 100 cm³/mol. The maximum absolute atomic E-state index is 12.5. The molecule has 2 heterocycles. The maximum atomic E-state index is 12.5. The summed E-state index contributed by atoms with van der Waals surface area (Å²) in [4.78, 5) is 29.6. The normalized spacial score (nSPS) is 17.2. The molecule has 6 nitrogen and oxygen atoms in total. The molecule has 1 aromatic heterocycles. The third-order valence-corrected chi connectivity index (χ3v) is 5.01. The molecule has 1 aliphatic heterocycles. The first-order valence-corrected chi connectivity index (χ1v) is 9.58. The van der Waals surface area contributed by atoms with E-state index in [-0.39, 0.29) is 5.91 Å². The molecule has 2 rings (SSSR count). The molecule has 0 radical (unpaired) electrons. The number of nitrogens with one attached hydrogen (secondary N) is 1. The molecule has 140 valence electrons. The van der Waals surface area contributed by atoms with Gasteiger partial charge in [0.2, 0.25) is 5.91 Å². The van der Waals surface area contributed by atoms with Gasteiger partial charge in [0, 0.05) is 37.6 Å². The van der Waals surface area contributed by atoms with Gasteiger partial charge in [0.25, 0.3) is 0 Å². The van der Waals surface area contributed by atoms with Gasteiger partial charge in [-0.1, -0.05) is 11.6 Å². The van der Waals surface area contributed by atoms with Crippen LogP contribution in [-0.2, 0) is 16.1 Å². The summed E-state index contributed by atoms with van der Waals surface area (Å²) in [6, 6.07) is 3.35. The molecular weight excluding hydrogens is 362 g/mol. The highest BCUT2D eigenvalue weighted by atomic mass is 35.5. The second-order valence-corrected chi connectivity index (χ2v) is 8.97. The second kappa shape index (κ2) is 8.38. The van der Waals surface area contributed by atoms with E-state index in [1.54, 1.807) is 43.9 Å². The minimum Gasteiger partial charge on any atom is -0.444 e. The van der Waals surface area contributed by atoms with Crippen LogP contribution in [0.4, 0.5) is 4.79 Å². The Labute approximate surface area is 158 Å². The molecule has 1 saturated heterocycles. The number of amides is 2. The number of carbonyl (C=O) groups excluding carboxylic acids is 2. The first-order chi connectivity index (χ1) is 11.6. The average Bonchev–Trinajstić information content (AvgIpc) is 2.90. The number of halogens is 1. The zero-order valence-corrected chi connectivity index (χ0v) is 16.7. The van der Waals surface area contributed by atoms with Crippen molar-refractivity contribution in [3.63, 3.8) is 0 Å². The molecule has 25 heavy (non-hydrogen) atoms. The van der Waals surface area contributed by atoms with E-state index in [0.717, 1.165) is 24.0 Å². The Morgan fingerprint density at radius 2 is 1.92 bits per heavy atom. The Bertz CT molecular complexity index is 607. The molecule has 0 saturated carbocycles. The fourth-order valence-corrected chi connectivity index (χ4v) is 3.73. The van der Waals surface area contributed by atoms with Gasteiger partial charge in [-0.25, -0.2) is 4.79 Å². The fourth-order valence-electron chi connectivity index (χ4n) is 2.60. The maximum Gasteiger partial charge on any atom is 0.408 e. The van der Waals surface area contributed by atoms with Crippen LogP contribution in [0.15, 0.2) is 12.1 Å². The number of rotatable bonds is 4. The average molecular weight is 388 g/mol. The molecule has 0 bridgehead atoms. The Morgan fingerprint density at radius 3 is 2.44 bits per heavy atom. The van der Waals surface area contributed by atoms with Crippen molar-refractivity contribution in [2.75, 3.05) is 26.2 Å². The molecule has 2 amide bonds. The van der Waals surface area contributed by atoms with Crippen molar-refractivity contribution in [2.45, 2.75) is 45.9 Å². The number of ether oxygens (including phenoxy) is 1. The first-order valence-electron chi connectivity index (χ1n) is 8.39. The lowest BCUT2D eigenvalue weighted by atomic mass is 10.2. The van der Waals surface area contributed by atoms with Gasteiger partial charge in [-0.3, -0.25) is 9.69 Å². The molecule has 1 aliphatic rings. The van der Waals surface area contributed by atoms with Crippen molar-refractivity contribution < 1.29 is 14.3 Å². The summed E-state index contributed by atoms with van der Waals surface area (Å²) in [6.45, 7) is 10.8. The Morgan fingerprint density at radius 1 is 1.28 bits per heavy atom. The van der Waals surface area contributed by atoms with Gasteiger partial charge in [-0.05, 0) is 39.8 Å². The van der Waals surface area contributed by atoms with Crippen LogP contribution in [0.25, 0.3) is 0 Å². The lowest BCUT2D eigenvalue weighted by Crippen LogP contribution is -2.54. The van der Waals surface area contributed by atoms with Gasteiger partial charge >= 0.3 is 6.09 Å². The third kappa shape index (κ3) is 6.49. The van der Waals surface area contributed by atoms with Crippen molar-refractivity contribution in [1.82, 2.24) is 15.1 Å². The standard InChI is InChI=1S/C17H26ClN3O3S/c1-12(19-16(23)24-17(2,3)4)15(22)21-9-7-20(8-10-21)11-13-5-6-14(18)25-13/h5-6,12H,7-11H2,1-4H3,(H,19,23). The number of hydrogen-bond donors (Lipinski definition) is 1. The number of alkyl carbamates (subject to hydrolysis) is 1. The van der Waals surface area contributed by atoms with E-state index in [9.17, 15) is 9.59 Å². The van der Waals surface area contributed by atoms with E-state index in [4.69, 9.17) is 16.3 Å². The molecule has 8 heteroatoms. The van der Waals surface area contributed by atoms with E-state index >= 15 is 0 Å². The zero-order chi connectivity index (χ0) is 18.6. The van der Waals surface area contributed by atoms with Crippen LogP contribution in [0.1, 0.15) is 32.6 Å². The molecule has 1 atom stereocenters. The SMILES string of the molecule is CC(NC(=O)OC(C)(C)C)C(=O)N1CCN(Cc2ccc(Cl)s2)CC1. The van der Waals surface area contributed by atoms with E-state index in [0.29, 0.717) is 13.1 Å². The minimum absolute atomic E-state index is 0.0790. The molecule has 0 aliphatic carbocycles. The van der Waals surface area contributed by atoms with E-state index in [1.165, 1.54) is 4.88 Å². The number of carbonyl (C=O) groups is 2. The van der Waals surface area contributed by atoms with Gasteiger partial charge in [0.05, 0.1) is 4.34 Å². The minimum atomic E-state index is -0.600. The van der Waals surface area contributed by atoms with Gasteiger partial charge < -0.3 is 15.0 Å². The topological polar surface area (TPSA) is 61.9 Å². The molecular formula is C17H26ClN3O3S. The Hall–Kier alpha value is -1.31. The highest BCUT2D eigenvalue weighted by Crippen LogP contribution is 2.23. The predicted octanol–water partition coefficient (Wildman–Crippen LogP) is 2.96. The summed E-state index contributed by atoms with van der Waals surface area (Å²) >= 11 is 7.55. The molecule has 1 fully saturated rings. The Kier molecular flexibility index (Phi) is 6.71. The number of piperazine rings is 1. The van der Waals surface area contributed by atoms with E-state index in [2.05, 4.69) is 10.2 Å². The van der Waals surface area contributed by atoms with Crippen molar-refractivity contribution in [3.05, 3.63) is 21.3 Å². The summed E-state index contributed by atoms with van der Waals surface area (Å²) in [7, 11) is 0. The molecule has 0 spiro atoms. The smallest absolute Gasteiger partial charge is 0.408 e. The second-order valence-electron chi connectivity index (χ2n) is 7.18. The summed E-state index contributed by atoms with van der Waals surface area (Å²) < 4.78 is 5.99. The lowest BCUT2D eigenvalue weighted by Gasteiger charge is -2.35. The van der Waals surface area contributed by atoms with E-state index < -0.39 is 17.7 Å². The van der Waals surface area contributed by atoms with Gasteiger partial charge in [0.15, 0.2) is 0 Å². The quantitative estimate of drug-likeness (QED) is 0.862. The van der Waals surface area contributed by atoms with Crippen molar-refractivity contribution >= 4 is 34.9 Å². The number of thiophene rings is 1. The number of hydrogen-bond acceptors (Lipinski definition) is 5.